The number of carbonyl (C=O) groups is 1. The molecule has 0 saturated carbocycles. The quantitative estimate of drug-likeness (QED) is 0.813. The van der Waals surface area contributed by atoms with Gasteiger partial charge in [0.05, 0.1) is 12.7 Å². The number of pyridine rings is 1. The summed E-state index contributed by atoms with van der Waals surface area (Å²) in [4.78, 5) is 23.9. The molecule has 142 valence electrons. The van der Waals surface area contributed by atoms with Crippen LogP contribution in [0.5, 0.6) is 0 Å². The summed E-state index contributed by atoms with van der Waals surface area (Å²) >= 11 is 0. The molecule has 0 spiro atoms. The van der Waals surface area contributed by atoms with Crippen LogP contribution in [0.25, 0.3) is 0 Å². The third-order valence-electron chi connectivity index (χ3n) is 6.03. The van der Waals surface area contributed by atoms with E-state index in [2.05, 4.69) is 14.8 Å². The average molecular weight is 358 g/mol. The van der Waals surface area contributed by atoms with Crippen molar-refractivity contribution < 1.29 is 9.53 Å². The van der Waals surface area contributed by atoms with Crippen molar-refractivity contribution in [3.05, 3.63) is 30.1 Å². The monoisotopic (exact) mass is 358 g/mol. The number of rotatable bonds is 4. The normalized spacial score (nSPS) is 27.9. The Morgan fingerprint density at radius 3 is 2.73 bits per heavy atom. The van der Waals surface area contributed by atoms with Crippen LogP contribution in [0.4, 0.5) is 0 Å². The predicted octanol–water partition coefficient (Wildman–Crippen LogP) is 1.34. The van der Waals surface area contributed by atoms with E-state index in [-0.39, 0.29) is 12.0 Å². The number of piperidine rings is 1. The molecule has 1 amide bonds. The topological polar surface area (TPSA) is 48.9 Å². The fraction of sp³-hybridized carbons (Fsp3) is 0.700. The Hall–Kier alpha value is -1.50. The highest BCUT2D eigenvalue weighted by Crippen LogP contribution is 2.25. The number of ether oxygens (including phenoxy) is 1. The van der Waals surface area contributed by atoms with Gasteiger partial charge in [0.2, 0.25) is 0 Å². The number of hydrogen-bond acceptors (Lipinski definition) is 5. The van der Waals surface area contributed by atoms with Crippen LogP contribution in [0, 0.1) is 5.92 Å². The van der Waals surface area contributed by atoms with Gasteiger partial charge in [-0.2, -0.15) is 0 Å². The smallest absolute Gasteiger partial charge is 0.272 e. The molecule has 3 fully saturated rings. The Morgan fingerprint density at radius 1 is 1.08 bits per heavy atom. The first-order chi connectivity index (χ1) is 12.8. The van der Waals surface area contributed by atoms with E-state index in [0.717, 1.165) is 39.2 Å². The highest BCUT2D eigenvalue weighted by molar-refractivity contribution is 5.92. The Bertz CT molecular complexity index is 591. The Balaban J connectivity index is 1.30. The van der Waals surface area contributed by atoms with Crippen molar-refractivity contribution in [2.24, 2.45) is 5.92 Å². The molecule has 4 heterocycles. The third-order valence-corrected chi connectivity index (χ3v) is 6.03. The van der Waals surface area contributed by atoms with Crippen molar-refractivity contribution in [2.75, 3.05) is 59.0 Å². The second-order valence-electron chi connectivity index (χ2n) is 7.77. The van der Waals surface area contributed by atoms with Crippen LogP contribution >= 0.6 is 0 Å². The van der Waals surface area contributed by atoms with Crippen LogP contribution in [0.2, 0.25) is 0 Å². The minimum absolute atomic E-state index is 0.0304. The first-order valence-corrected chi connectivity index (χ1v) is 10.1. The van der Waals surface area contributed by atoms with Gasteiger partial charge in [-0.05, 0) is 44.5 Å². The number of hydrogen-bond donors (Lipinski definition) is 0. The summed E-state index contributed by atoms with van der Waals surface area (Å²) in [6.07, 6.45) is 5.57. The lowest BCUT2D eigenvalue weighted by Gasteiger charge is -2.38. The van der Waals surface area contributed by atoms with Gasteiger partial charge in [0, 0.05) is 51.4 Å². The fourth-order valence-corrected chi connectivity index (χ4v) is 4.45. The molecule has 0 N–H and O–H groups in total. The van der Waals surface area contributed by atoms with E-state index in [0.29, 0.717) is 18.2 Å². The number of fused-ring (bicyclic) bond motifs is 1. The highest BCUT2D eigenvalue weighted by Gasteiger charge is 2.35. The zero-order valence-corrected chi connectivity index (χ0v) is 15.6. The van der Waals surface area contributed by atoms with Crippen LogP contribution in [0.1, 0.15) is 29.8 Å². The molecule has 0 aliphatic carbocycles. The molecule has 4 rings (SSSR count). The van der Waals surface area contributed by atoms with Crippen LogP contribution < -0.4 is 0 Å². The van der Waals surface area contributed by atoms with E-state index >= 15 is 0 Å². The molecule has 3 saturated heterocycles. The molecular weight excluding hydrogens is 328 g/mol. The Labute approximate surface area is 156 Å². The standard InChI is InChI=1S/C20H30N4O2/c25-20(18-5-1-2-7-21-18)24-10-6-17-15-23(13-14-26-19(17)16-24)12-11-22-8-3-4-9-22/h1-2,5,7,17,19H,3-4,6,8-16H2/t17-,19-/m0/s1. The van der Waals surface area contributed by atoms with Crippen molar-refractivity contribution in [1.82, 2.24) is 19.7 Å². The number of aromatic nitrogens is 1. The molecule has 6 heteroatoms. The lowest BCUT2D eigenvalue weighted by Crippen LogP contribution is -2.49. The molecule has 3 aliphatic rings. The van der Waals surface area contributed by atoms with Gasteiger partial charge in [-0.25, -0.2) is 0 Å². The summed E-state index contributed by atoms with van der Waals surface area (Å²) in [5.74, 6) is 0.562. The molecule has 2 atom stereocenters. The van der Waals surface area contributed by atoms with Gasteiger partial charge in [-0.1, -0.05) is 6.07 Å². The van der Waals surface area contributed by atoms with Crippen LogP contribution in [-0.2, 0) is 4.74 Å². The van der Waals surface area contributed by atoms with Gasteiger partial charge < -0.3 is 14.5 Å². The van der Waals surface area contributed by atoms with E-state index in [1.807, 2.05) is 17.0 Å². The summed E-state index contributed by atoms with van der Waals surface area (Å²) in [5.41, 5.74) is 0.534. The van der Waals surface area contributed by atoms with E-state index in [9.17, 15) is 4.79 Å². The third kappa shape index (κ3) is 4.24. The molecule has 1 aromatic rings. The van der Waals surface area contributed by atoms with Gasteiger partial charge in [0.15, 0.2) is 0 Å². The summed E-state index contributed by atoms with van der Waals surface area (Å²) in [6, 6.07) is 5.50. The molecule has 26 heavy (non-hydrogen) atoms. The highest BCUT2D eigenvalue weighted by atomic mass is 16.5. The van der Waals surface area contributed by atoms with Crippen LogP contribution in [-0.4, -0.2) is 90.7 Å². The van der Waals surface area contributed by atoms with Crippen molar-refractivity contribution in [2.45, 2.75) is 25.4 Å². The number of amides is 1. The maximum Gasteiger partial charge on any atom is 0.272 e. The zero-order valence-electron chi connectivity index (χ0n) is 15.6. The summed E-state index contributed by atoms with van der Waals surface area (Å²) in [6.45, 7) is 9.23. The maximum atomic E-state index is 12.7. The minimum atomic E-state index is 0.0304. The molecule has 1 aromatic heterocycles. The fourth-order valence-electron chi connectivity index (χ4n) is 4.45. The lowest BCUT2D eigenvalue weighted by atomic mass is 9.93. The number of carbonyl (C=O) groups excluding carboxylic acids is 1. The van der Waals surface area contributed by atoms with Gasteiger partial charge in [-0.15, -0.1) is 0 Å². The van der Waals surface area contributed by atoms with Crippen molar-refractivity contribution >= 4 is 5.91 Å². The van der Waals surface area contributed by atoms with E-state index < -0.39 is 0 Å². The maximum absolute atomic E-state index is 12.7. The molecule has 0 unspecified atom stereocenters. The first-order valence-electron chi connectivity index (χ1n) is 10.1. The van der Waals surface area contributed by atoms with Gasteiger partial charge >= 0.3 is 0 Å². The summed E-state index contributed by atoms with van der Waals surface area (Å²) in [7, 11) is 0. The second kappa shape index (κ2) is 8.46. The largest absolute Gasteiger partial charge is 0.375 e. The SMILES string of the molecule is O=C(c1ccccn1)N1CC[C@H]2CN(CCN3CCCC3)CCO[C@H]2C1. The molecular formula is C20H30N4O2. The van der Waals surface area contributed by atoms with Gasteiger partial charge in [0.1, 0.15) is 5.69 Å². The molecule has 6 nitrogen and oxygen atoms in total. The lowest BCUT2D eigenvalue weighted by molar-refractivity contribution is -0.0172. The molecule has 0 radical (unpaired) electrons. The average Bonchev–Trinajstić information content (AvgIpc) is 3.12. The first kappa shape index (κ1) is 17.9. The number of nitrogens with zero attached hydrogens (tertiary/aromatic N) is 4. The zero-order chi connectivity index (χ0) is 17.8. The molecule has 3 aliphatic heterocycles. The van der Waals surface area contributed by atoms with Crippen LogP contribution in [0.15, 0.2) is 24.4 Å². The Morgan fingerprint density at radius 2 is 1.92 bits per heavy atom. The van der Waals surface area contributed by atoms with E-state index in [1.165, 1.54) is 32.5 Å². The number of likely N-dealkylation sites (tertiary alicyclic amines) is 2. The van der Waals surface area contributed by atoms with Gasteiger partial charge in [0.25, 0.3) is 5.91 Å². The minimum Gasteiger partial charge on any atom is -0.375 e. The molecule has 0 bridgehead atoms. The van der Waals surface area contributed by atoms with Crippen molar-refractivity contribution in [1.29, 1.82) is 0 Å². The second-order valence-corrected chi connectivity index (χ2v) is 7.77. The van der Waals surface area contributed by atoms with Crippen molar-refractivity contribution in [3.8, 4) is 0 Å². The summed E-state index contributed by atoms with van der Waals surface area (Å²) in [5, 5.41) is 0. The summed E-state index contributed by atoms with van der Waals surface area (Å²) < 4.78 is 6.16. The van der Waals surface area contributed by atoms with E-state index in [1.54, 1.807) is 12.3 Å². The molecule has 0 aromatic carbocycles. The van der Waals surface area contributed by atoms with Crippen molar-refractivity contribution in [3.63, 3.8) is 0 Å². The van der Waals surface area contributed by atoms with Gasteiger partial charge in [-0.3, -0.25) is 14.7 Å². The Kier molecular flexibility index (Phi) is 5.82. The van der Waals surface area contributed by atoms with Crippen LogP contribution in [0.3, 0.4) is 0 Å². The van der Waals surface area contributed by atoms with E-state index in [4.69, 9.17) is 4.74 Å². The predicted molar refractivity (Wildman–Crippen MR) is 100 cm³/mol.